The Hall–Kier alpha value is -1.68. The van der Waals surface area contributed by atoms with Gasteiger partial charge in [0.25, 0.3) is 0 Å². The van der Waals surface area contributed by atoms with Crippen molar-refractivity contribution in [2.24, 2.45) is 5.92 Å². The van der Waals surface area contributed by atoms with Gasteiger partial charge in [0, 0.05) is 13.1 Å². The SMILES string of the molecule is CC(C)Cn1ncnc1CNCc1ccc(C(C)C)cc1. The second kappa shape index (κ2) is 7.36. The van der Waals surface area contributed by atoms with Crippen LogP contribution in [0, 0.1) is 5.92 Å². The number of nitrogens with zero attached hydrogens (tertiary/aromatic N) is 3. The van der Waals surface area contributed by atoms with Crippen molar-refractivity contribution in [1.29, 1.82) is 0 Å². The van der Waals surface area contributed by atoms with Crippen molar-refractivity contribution < 1.29 is 0 Å². The fourth-order valence-electron chi connectivity index (χ4n) is 2.26. The Bertz CT molecular complexity index is 540. The van der Waals surface area contributed by atoms with Crippen molar-refractivity contribution in [2.75, 3.05) is 0 Å². The Labute approximate surface area is 127 Å². The van der Waals surface area contributed by atoms with Gasteiger partial charge in [0.05, 0.1) is 6.54 Å². The third-order valence-electron chi connectivity index (χ3n) is 3.49. The Morgan fingerprint density at radius 2 is 1.76 bits per heavy atom. The molecular formula is C17H26N4. The number of aromatic nitrogens is 3. The van der Waals surface area contributed by atoms with E-state index in [1.165, 1.54) is 11.1 Å². The topological polar surface area (TPSA) is 42.7 Å². The van der Waals surface area contributed by atoms with E-state index in [-0.39, 0.29) is 0 Å². The summed E-state index contributed by atoms with van der Waals surface area (Å²) in [4.78, 5) is 4.33. The van der Waals surface area contributed by atoms with Crippen molar-refractivity contribution in [3.63, 3.8) is 0 Å². The Morgan fingerprint density at radius 1 is 1.05 bits per heavy atom. The first-order valence-electron chi connectivity index (χ1n) is 7.72. The average molecular weight is 286 g/mol. The van der Waals surface area contributed by atoms with Crippen molar-refractivity contribution in [3.8, 4) is 0 Å². The van der Waals surface area contributed by atoms with Gasteiger partial charge in [-0.25, -0.2) is 9.67 Å². The largest absolute Gasteiger partial charge is 0.306 e. The van der Waals surface area contributed by atoms with Gasteiger partial charge >= 0.3 is 0 Å². The minimum Gasteiger partial charge on any atom is -0.306 e. The molecule has 4 nitrogen and oxygen atoms in total. The standard InChI is InChI=1S/C17H26N4/c1-13(2)11-21-17(19-12-20-21)10-18-9-15-5-7-16(8-6-15)14(3)4/h5-8,12-14,18H,9-11H2,1-4H3. The molecule has 4 heteroatoms. The summed E-state index contributed by atoms with van der Waals surface area (Å²) in [5, 5.41) is 7.72. The highest BCUT2D eigenvalue weighted by Crippen LogP contribution is 2.14. The number of hydrogen-bond acceptors (Lipinski definition) is 3. The molecule has 0 aliphatic carbocycles. The van der Waals surface area contributed by atoms with Gasteiger partial charge in [0.1, 0.15) is 12.2 Å². The van der Waals surface area contributed by atoms with Crippen LogP contribution < -0.4 is 5.32 Å². The van der Waals surface area contributed by atoms with Crippen LogP contribution in [0.5, 0.6) is 0 Å². The summed E-state index contributed by atoms with van der Waals surface area (Å²) in [6.45, 7) is 11.3. The molecule has 0 spiro atoms. The lowest BCUT2D eigenvalue weighted by molar-refractivity contribution is 0.457. The molecule has 0 bridgehead atoms. The molecule has 2 aromatic rings. The molecule has 21 heavy (non-hydrogen) atoms. The van der Waals surface area contributed by atoms with Gasteiger partial charge in [-0.05, 0) is 23.0 Å². The van der Waals surface area contributed by atoms with E-state index in [2.05, 4.69) is 67.4 Å². The minimum atomic E-state index is 0.578. The molecule has 0 amide bonds. The van der Waals surface area contributed by atoms with E-state index in [1.54, 1.807) is 6.33 Å². The molecule has 0 radical (unpaired) electrons. The van der Waals surface area contributed by atoms with Crippen LogP contribution in [-0.2, 0) is 19.6 Å². The maximum Gasteiger partial charge on any atom is 0.140 e. The molecule has 0 atom stereocenters. The highest BCUT2D eigenvalue weighted by molar-refractivity contribution is 5.24. The average Bonchev–Trinajstić information content (AvgIpc) is 2.86. The molecule has 0 fully saturated rings. The van der Waals surface area contributed by atoms with Crippen LogP contribution in [0.15, 0.2) is 30.6 Å². The van der Waals surface area contributed by atoms with E-state index in [9.17, 15) is 0 Å². The summed E-state index contributed by atoms with van der Waals surface area (Å²) < 4.78 is 1.99. The smallest absolute Gasteiger partial charge is 0.140 e. The lowest BCUT2D eigenvalue weighted by Gasteiger charge is -2.10. The fraction of sp³-hybridized carbons (Fsp3) is 0.529. The van der Waals surface area contributed by atoms with Crippen LogP contribution in [0.25, 0.3) is 0 Å². The second-order valence-electron chi connectivity index (χ2n) is 6.25. The predicted octanol–water partition coefficient (Wildman–Crippen LogP) is 3.35. The van der Waals surface area contributed by atoms with Crippen molar-refractivity contribution in [3.05, 3.63) is 47.5 Å². The van der Waals surface area contributed by atoms with Crippen LogP contribution in [0.1, 0.15) is 50.6 Å². The van der Waals surface area contributed by atoms with Crippen LogP contribution in [0.4, 0.5) is 0 Å². The lowest BCUT2D eigenvalue weighted by atomic mass is 10.0. The summed E-state index contributed by atoms with van der Waals surface area (Å²) in [5.74, 6) is 2.16. The summed E-state index contributed by atoms with van der Waals surface area (Å²) >= 11 is 0. The van der Waals surface area contributed by atoms with Crippen molar-refractivity contribution in [1.82, 2.24) is 20.1 Å². The molecule has 2 rings (SSSR count). The zero-order chi connectivity index (χ0) is 15.2. The monoisotopic (exact) mass is 286 g/mol. The number of hydrogen-bond donors (Lipinski definition) is 1. The fourth-order valence-corrected chi connectivity index (χ4v) is 2.26. The van der Waals surface area contributed by atoms with E-state index in [0.29, 0.717) is 11.8 Å². The molecule has 0 saturated heterocycles. The van der Waals surface area contributed by atoms with Crippen LogP contribution in [0.2, 0.25) is 0 Å². The van der Waals surface area contributed by atoms with Crippen molar-refractivity contribution in [2.45, 2.75) is 53.2 Å². The molecule has 1 N–H and O–H groups in total. The maximum atomic E-state index is 4.33. The number of nitrogens with one attached hydrogen (secondary N) is 1. The Balaban J connectivity index is 1.85. The van der Waals surface area contributed by atoms with E-state index in [1.807, 2.05) is 4.68 Å². The lowest BCUT2D eigenvalue weighted by Crippen LogP contribution is -2.18. The summed E-state index contributed by atoms with van der Waals surface area (Å²) in [5.41, 5.74) is 2.68. The third-order valence-corrected chi connectivity index (χ3v) is 3.49. The summed E-state index contributed by atoms with van der Waals surface area (Å²) in [7, 11) is 0. The van der Waals surface area contributed by atoms with Gasteiger partial charge in [-0.3, -0.25) is 0 Å². The van der Waals surface area contributed by atoms with Crippen molar-refractivity contribution >= 4 is 0 Å². The molecule has 0 aliphatic heterocycles. The van der Waals surface area contributed by atoms with Gasteiger partial charge in [-0.1, -0.05) is 52.0 Å². The van der Waals surface area contributed by atoms with E-state index >= 15 is 0 Å². The zero-order valence-corrected chi connectivity index (χ0v) is 13.5. The highest BCUT2D eigenvalue weighted by atomic mass is 15.3. The molecule has 0 aliphatic rings. The summed E-state index contributed by atoms with van der Waals surface area (Å²) in [6.07, 6.45) is 1.64. The molecule has 114 valence electrons. The first kappa shape index (κ1) is 15.7. The van der Waals surface area contributed by atoms with Gasteiger partial charge in [-0.2, -0.15) is 5.10 Å². The van der Waals surface area contributed by atoms with Gasteiger partial charge < -0.3 is 5.32 Å². The quantitative estimate of drug-likeness (QED) is 0.849. The molecule has 1 aromatic carbocycles. The molecule has 1 aromatic heterocycles. The molecular weight excluding hydrogens is 260 g/mol. The van der Waals surface area contributed by atoms with Crippen LogP contribution in [0.3, 0.4) is 0 Å². The second-order valence-corrected chi connectivity index (χ2v) is 6.25. The van der Waals surface area contributed by atoms with Crippen LogP contribution in [-0.4, -0.2) is 14.8 Å². The molecule has 0 unspecified atom stereocenters. The molecule has 0 saturated carbocycles. The minimum absolute atomic E-state index is 0.578. The normalized spacial score (nSPS) is 11.5. The Morgan fingerprint density at radius 3 is 2.38 bits per heavy atom. The van der Waals surface area contributed by atoms with E-state index in [0.717, 1.165) is 25.5 Å². The highest BCUT2D eigenvalue weighted by Gasteiger charge is 2.06. The van der Waals surface area contributed by atoms with Gasteiger partial charge in [-0.15, -0.1) is 0 Å². The summed E-state index contributed by atoms with van der Waals surface area (Å²) in [6, 6.07) is 8.81. The van der Waals surface area contributed by atoms with Crippen LogP contribution >= 0.6 is 0 Å². The first-order valence-corrected chi connectivity index (χ1v) is 7.72. The molecule has 1 heterocycles. The van der Waals surface area contributed by atoms with E-state index < -0.39 is 0 Å². The maximum absolute atomic E-state index is 4.33. The first-order chi connectivity index (χ1) is 10.1. The van der Waals surface area contributed by atoms with Gasteiger partial charge in [0.15, 0.2) is 0 Å². The zero-order valence-electron chi connectivity index (χ0n) is 13.5. The Kier molecular flexibility index (Phi) is 5.51. The number of rotatable bonds is 7. The van der Waals surface area contributed by atoms with Gasteiger partial charge in [0.2, 0.25) is 0 Å². The predicted molar refractivity (Wildman–Crippen MR) is 85.9 cm³/mol. The number of benzene rings is 1. The third kappa shape index (κ3) is 4.67. The van der Waals surface area contributed by atoms with E-state index in [4.69, 9.17) is 0 Å².